The van der Waals surface area contributed by atoms with Crippen LogP contribution in [0.1, 0.15) is 75.5 Å². The number of carbonyl (C=O) groups excluding carboxylic acids is 1. The Kier molecular flexibility index (Phi) is 8.78. The Morgan fingerprint density at radius 3 is 2.46 bits per heavy atom. The minimum atomic E-state index is -0.0254. The molecule has 2 aromatic carbocycles. The van der Waals surface area contributed by atoms with Crippen LogP contribution in [0, 0.1) is 5.92 Å². The molecule has 1 amide bonds. The van der Waals surface area contributed by atoms with Crippen LogP contribution in [0.4, 0.5) is 0 Å². The lowest BCUT2D eigenvalue weighted by atomic mass is 9.87. The standard InChI is InChI=1S/C32H43N5O2/c1-32(2,3)28-14-12-26(13-15-28)30-34-29(39-35-30)23-37-18-8-11-27(22-37)31(38)33-20-24-9-7-10-25(19-24)21-36-16-5-4-6-17-36/h7,9-10,12-15,19,27H,4-6,8,11,16-18,20-23H2,1-3H3,(H,33,38). The fourth-order valence-corrected chi connectivity index (χ4v) is 5.71. The van der Waals surface area contributed by atoms with E-state index in [4.69, 9.17) is 4.52 Å². The van der Waals surface area contributed by atoms with Crippen molar-refractivity contribution >= 4 is 5.91 Å². The Morgan fingerprint density at radius 1 is 0.949 bits per heavy atom. The average molecular weight is 530 g/mol. The van der Waals surface area contributed by atoms with Gasteiger partial charge in [0.15, 0.2) is 0 Å². The van der Waals surface area contributed by atoms with Gasteiger partial charge in [0.2, 0.25) is 17.6 Å². The first-order valence-corrected chi connectivity index (χ1v) is 14.6. The van der Waals surface area contributed by atoms with E-state index in [1.54, 1.807) is 0 Å². The normalized spacial score (nSPS) is 19.2. The van der Waals surface area contributed by atoms with E-state index in [9.17, 15) is 4.79 Å². The van der Waals surface area contributed by atoms with Crippen LogP contribution in [-0.2, 0) is 29.8 Å². The summed E-state index contributed by atoms with van der Waals surface area (Å²) in [6.07, 6.45) is 5.84. The zero-order valence-corrected chi connectivity index (χ0v) is 23.8. The van der Waals surface area contributed by atoms with E-state index in [2.05, 4.69) is 94.6 Å². The molecule has 1 aromatic heterocycles. The maximum Gasteiger partial charge on any atom is 0.241 e. The summed E-state index contributed by atoms with van der Waals surface area (Å²) in [6, 6.07) is 17.0. The molecule has 0 saturated carbocycles. The van der Waals surface area contributed by atoms with Gasteiger partial charge < -0.3 is 9.84 Å². The molecule has 39 heavy (non-hydrogen) atoms. The van der Waals surface area contributed by atoms with Crippen molar-refractivity contribution in [3.8, 4) is 11.4 Å². The van der Waals surface area contributed by atoms with Gasteiger partial charge in [-0.15, -0.1) is 0 Å². The number of benzene rings is 2. The Morgan fingerprint density at radius 2 is 1.69 bits per heavy atom. The molecule has 2 aliphatic rings. The molecule has 7 heteroatoms. The monoisotopic (exact) mass is 529 g/mol. The molecule has 3 heterocycles. The third-order valence-electron chi connectivity index (χ3n) is 8.03. The molecule has 0 spiro atoms. The van der Waals surface area contributed by atoms with Crippen molar-refractivity contribution in [3.05, 3.63) is 71.1 Å². The second-order valence-electron chi connectivity index (χ2n) is 12.3. The molecule has 208 valence electrons. The van der Waals surface area contributed by atoms with Gasteiger partial charge in [0.05, 0.1) is 12.5 Å². The van der Waals surface area contributed by atoms with E-state index in [0.29, 0.717) is 31.3 Å². The van der Waals surface area contributed by atoms with Gasteiger partial charge in [0.25, 0.3) is 0 Å². The van der Waals surface area contributed by atoms with Crippen molar-refractivity contribution in [3.63, 3.8) is 0 Å². The summed E-state index contributed by atoms with van der Waals surface area (Å²) in [7, 11) is 0. The highest BCUT2D eigenvalue weighted by molar-refractivity contribution is 5.79. The van der Waals surface area contributed by atoms with Gasteiger partial charge in [-0.05, 0) is 67.4 Å². The molecule has 0 bridgehead atoms. The van der Waals surface area contributed by atoms with Crippen molar-refractivity contribution in [2.45, 2.75) is 77.9 Å². The number of nitrogens with zero attached hydrogens (tertiary/aromatic N) is 4. The van der Waals surface area contributed by atoms with Crippen molar-refractivity contribution in [2.75, 3.05) is 26.2 Å². The minimum Gasteiger partial charge on any atom is -0.352 e. The SMILES string of the molecule is CC(C)(C)c1ccc(-c2noc(CN3CCCC(C(=O)NCc4cccc(CN5CCCCC5)c4)C3)n2)cc1. The average Bonchev–Trinajstić information content (AvgIpc) is 3.41. The quantitative estimate of drug-likeness (QED) is 0.413. The zero-order chi connectivity index (χ0) is 27.2. The number of hydrogen-bond acceptors (Lipinski definition) is 6. The number of amides is 1. The smallest absolute Gasteiger partial charge is 0.241 e. The van der Waals surface area contributed by atoms with E-state index in [0.717, 1.165) is 31.5 Å². The Bertz CT molecular complexity index is 1220. The summed E-state index contributed by atoms with van der Waals surface area (Å²) in [5.41, 5.74) is 4.83. The second kappa shape index (κ2) is 12.4. The summed E-state index contributed by atoms with van der Waals surface area (Å²) in [5.74, 6) is 1.31. The fraction of sp³-hybridized carbons (Fsp3) is 0.531. The maximum atomic E-state index is 13.1. The highest BCUT2D eigenvalue weighted by atomic mass is 16.5. The lowest BCUT2D eigenvalue weighted by Crippen LogP contribution is -2.42. The number of nitrogens with one attached hydrogen (secondary N) is 1. The molecule has 5 rings (SSSR count). The molecule has 1 atom stereocenters. The highest BCUT2D eigenvalue weighted by Crippen LogP contribution is 2.25. The summed E-state index contributed by atoms with van der Waals surface area (Å²) in [5, 5.41) is 7.40. The van der Waals surface area contributed by atoms with Crippen LogP contribution in [0.5, 0.6) is 0 Å². The van der Waals surface area contributed by atoms with E-state index < -0.39 is 0 Å². The van der Waals surface area contributed by atoms with Gasteiger partial charge in [-0.1, -0.05) is 80.9 Å². The summed E-state index contributed by atoms with van der Waals surface area (Å²) < 4.78 is 5.58. The number of likely N-dealkylation sites (tertiary alicyclic amines) is 2. The van der Waals surface area contributed by atoms with Crippen LogP contribution >= 0.6 is 0 Å². The summed E-state index contributed by atoms with van der Waals surface area (Å²) in [6.45, 7) is 12.8. The number of piperidine rings is 2. The van der Waals surface area contributed by atoms with Crippen molar-refractivity contribution in [1.82, 2.24) is 25.3 Å². The Labute approximate surface area is 233 Å². The van der Waals surface area contributed by atoms with Gasteiger partial charge in [-0.2, -0.15) is 4.98 Å². The number of hydrogen-bond donors (Lipinski definition) is 1. The first kappa shape index (κ1) is 27.5. The van der Waals surface area contributed by atoms with Crippen LogP contribution in [0.3, 0.4) is 0 Å². The van der Waals surface area contributed by atoms with Crippen molar-refractivity contribution < 1.29 is 9.32 Å². The van der Waals surface area contributed by atoms with Gasteiger partial charge in [0, 0.05) is 25.2 Å². The molecule has 2 saturated heterocycles. The first-order chi connectivity index (χ1) is 18.8. The highest BCUT2D eigenvalue weighted by Gasteiger charge is 2.27. The molecule has 1 unspecified atom stereocenters. The predicted molar refractivity (Wildman–Crippen MR) is 154 cm³/mol. The lowest BCUT2D eigenvalue weighted by molar-refractivity contribution is -0.127. The third-order valence-corrected chi connectivity index (χ3v) is 8.03. The van der Waals surface area contributed by atoms with Gasteiger partial charge in [-0.3, -0.25) is 14.6 Å². The second-order valence-corrected chi connectivity index (χ2v) is 12.3. The number of rotatable bonds is 8. The number of aromatic nitrogens is 2. The van der Waals surface area contributed by atoms with E-state index >= 15 is 0 Å². The van der Waals surface area contributed by atoms with Crippen LogP contribution in [0.15, 0.2) is 53.1 Å². The van der Waals surface area contributed by atoms with Crippen molar-refractivity contribution in [2.24, 2.45) is 5.92 Å². The molecule has 0 radical (unpaired) electrons. The van der Waals surface area contributed by atoms with Crippen LogP contribution in [0.25, 0.3) is 11.4 Å². The van der Waals surface area contributed by atoms with Crippen molar-refractivity contribution in [1.29, 1.82) is 0 Å². The number of carbonyl (C=O) groups is 1. The molecule has 7 nitrogen and oxygen atoms in total. The van der Waals surface area contributed by atoms with Gasteiger partial charge >= 0.3 is 0 Å². The minimum absolute atomic E-state index is 0.0254. The topological polar surface area (TPSA) is 74.5 Å². The van der Waals surface area contributed by atoms with Crippen LogP contribution < -0.4 is 5.32 Å². The third kappa shape index (κ3) is 7.55. The van der Waals surface area contributed by atoms with E-state index in [-0.39, 0.29) is 17.2 Å². The Hall–Kier alpha value is -3.03. The first-order valence-electron chi connectivity index (χ1n) is 14.6. The van der Waals surface area contributed by atoms with Crippen LogP contribution in [-0.4, -0.2) is 52.0 Å². The van der Waals surface area contributed by atoms with Gasteiger partial charge in [-0.25, -0.2) is 0 Å². The molecule has 0 aliphatic carbocycles. The van der Waals surface area contributed by atoms with Gasteiger partial charge in [0.1, 0.15) is 0 Å². The predicted octanol–water partition coefficient (Wildman–Crippen LogP) is 5.55. The van der Waals surface area contributed by atoms with Crippen LogP contribution in [0.2, 0.25) is 0 Å². The maximum absolute atomic E-state index is 13.1. The Balaban J connectivity index is 1.11. The summed E-state index contributed by atoms with van der Waals surface area (Å²) in [4.78, 5) is 22.5. The molecule has 2 aliphatic heterocycles. The zero-order valence-electron chi connectivity index (χ0n) is 23.8. The van der Waals surface area contributed by atoms with E-state index in [1.165, 1.54) is 49.0 Å². The lowest BCUT2D eigenvalue weighted by Gasteiger charge is -2.30. The molecular weight excluding hydrogens is 486 g/mol. The van der Waals surface area contributed by atoms with E-state index in [1.807, 2.05) is 0 Å². The molecule has 1 N–H and O–H groups in total. The fourth-order valence-electron chi connectivity index (χ4n) is 5.71. The largest absolute Gasteiger partial charge is 0.352 e. The molecule has 3 aromatic rings. The molecule has 2 fully saturated rings. The summed E-state index contributed by atoms with van der Waals surface area (Å²) >= 11 is 0. The molecular formula is C32H43N5O2.